The van der Waals surface area contributed by atoms with Crippen LogP contribution in [0.4, 0.5) is 0 Å². The van der Waals surface area contributed by atoms with Crippen molar-refractivity contribution >= 4 is 50.2 Å². The van der Waals surface area contributed by atoms with Crippen LogP contribution < -0.4 is 0 Å². The molecule has 2 aromatic heterocycles. The maximum atomic E-state index is 12.6. The van der Waals surface area contributed by atoms with Gasteiger partial charge in [0, 0.05) is 34.3 Å². The monoisotopic (exact) mass is 602 g/mol. The summed E-state index contributed by atoms with van der Waals surface area (Å²) in [5, 5.41) is 11.8. The summed E-state index contributed by atoms with van der Waals surface area (Å²) in [5.74, 6) is -0.00503. The number of carboxylic acids is 1. The number of carboxylic acid groups (broad SMARTS) is 1. The Balaban J connectivity index is 1.55. The molecule has 3 aromatic carbocycles. The van der Waals surface area contributed by atoms with Gasteiger partial charge in [0.1, 0.15) is 10.8 Å². The Kier molecular flexibility index (Phi) is 7.38. The van der Waals surface area contributed by atoms with Gasteiger partial charge in [-0.15, -0.1) is 11.3 Å². The number of fused-ring (bicyclic) bond motifs is 2. The number of imidazole rings is 1. The van der Waals surface area contributed by atoms with Crippen molar-refractivity contribution < 1.29 is 14.6 Å². The first-order valence-electron chi connectivity index (χ1n) is 14.2. The minimum Gasteiger partial charge on any atom is -0.479 e. The Morgan fingerprint density at radius 2 is 1.79 bits per heavy atom. The Labute approximate surface area is 254 Å². The summed E-state index contributed by atoms with van der Waals surface area (Å²) in [7, 11) is 2.16. The van der Waals surface area contributed by atoms with Gasteiger partial charge in [0.2, 0.25) is 0 Å². The van der Waals surface area contributed by atoms with Crippen LogP contribution >= 0.6 is 22.9 Å². The molecule has 42 heavy (non-hydrogen) atoms. The number of nitrogens with zero attached hydrogens (tertiary/aromatic N) is 4. The van der Waals surface area contributed by atoms with E-state index in [9.17, 15) is 9.90 Å². The van der Waals surface area contributed by atoms with Gasteiger partial charge >= 0.3 is 5.97 Å². The largest absolute Gasteiger partial charge is 0.479 e. The molecular weight excluding hydrogens is 568 g/mol. The summed E-state index contributed by atoms with van der Waals surface area (Å²) >= 11 is 7.82. The van der Waals surface area contributed by atoms with E-state index >= 15 is 0 Å². The third kappa shape index (κ3) is 5.33. The quantitative estimate of drug-likeness (QED) is 0.212. The van der Waals surface area contributed by atoms with Gasteiger partial charge in [-0.05, 0) is 102 Å². The van der Waals surface area contributed by atoms with Gasteiger partial charge < -0.3 is 19.3 Å². The first-order valence-corrected chi connectivity index (χ1v) is 15.4. The maximum Gasteiger partial charge on any atom is 0.337 e. The van der Waals surface area contributed by atoms with E-state index in [4.69, 9.17) is 26.3 Å². The van der Waals surface area contributed by atoms with Crippen LogP contribution in [0.1, 0.15) is 56.3 Å². The van der Waals surface area contributed by atoms with Crippen LogP contribution in [0.15, 0.2) is 48.5 Å². The smallest absolute Gasteiger partial charge is 0.337 e. The average molecular weight is 603 g/mol. The van der Waals surface area contributed by atoms with Crippen LogP contribution in [0.5, 0.6) is 0 Å². The molecule has 1 fully saturated rings. The number of halogens is 1. The Morgan fingerprint density at radius 1 is 1.07 bits per heavy atom. The molecule has 0 saturated carbocycles. The molecule has 0 spiro atoms. The van der Waals surface area contributed by atoms with E-state index in [0.29, 0.717) is 16.6 Å². The Bertz CT molecular complexity index is 1820. The summed E-state index contributed by atoms with van der Waals surface area (Å²) in [4.78, 5) is 25.0. The van der Waals surface area contributed by atoms with Crippen molar-refractivity contribution in [1.82, 2.24) is 19.4 Å². The molecule has 0 bridgehead atoms. The molecule has 1 N–H and O–H groups in total. The lowest BCUT2D eigenvalue weighted by molar-refractivity contribution is -0.160. The lowest BCUT2D eigenvalue weighted by atomic mass is 9.91. The van der Waals surface area contributed by atoms with Gasteiger partial charge in [-0.2, -0.15) is 0 Å². The topological polar surface area (TPSA) is 80.5 Å². The second-order valence-corrected chi connectivity index (χ2v) is 13.7. The second kappa shape index (κ2) is 10.8. The number of likely N-dealkylation sites (tertiary alicyclic amines) is 1. The zero-order chi connectivity index (χ0) is 29.9. The molecule has 218 valence electrons. The van der Waals surface area contributed by atoms with E-state index in [1.807, 2.05) is 58.0 Å². The fourth-order valence-electron chi connectivity index (χ4n) is 6.09. The highest BCUT2D eigenvalue weighted by Gasteiger charge is 2.32. The zero-order valence-corrected chi connectivity index (χ0v) is 26.3. The molecule has 1 saturated heterocycles. The normalized spacial score (nSPS) is 17.0. The predicted octanol–water partition coefficient (Wildman–Crippen LogP) is 8.07. The Morgan fingerprint density at radius 3 is 2.43 bits per heavy atom. The van der Waals surface area contributed by atoms with E-state index in [1.165, 1.54) is 0 Å². The van der Waals surface area contributed by atoms with Crippen LogP contribution in [0, 0.1) is 13.8 Å². The number of ether oxygens (including phenoxy) is 1. The van der Waals surface area contributed by atoms with E-state index in [1.54, 1.807) is 11.3 Å². The standard InChI is InChI=1S/C33H35ClN4O3S/c1-18-15-25-30(28(20-7-10-22(34)11-8-20)27(18)29(32(39)40)41-33(3,4)5)42-31(36-25)21-9-12-24-26(16-21)38(19(2)35-24)23-13-14-37(6)17-23/h7-12,15-16,23,29H,13-14,17H2,1-6H3,(H,39,40)/t23-,29?/m0/s1. The van der Waals surface area contributed by atoms with Gasteiger partial charge in [0.25, 0.3) is 0 Å². The van der Waals surface area contributed by atoms with Crippen molar-refractivity contribution in [1.29, 1.82) is 0 Å². The third-order valence-electron chi connectivity index (χ3n) is 7.86. The molecular formula is C33H35ClN4O3S. The minimum atomic E-state index is -1.15. The number of carbonyl (C=O) groups is 1. The number of hydrogen-bond acceptors (Lipinski definition) is 6. The molecule has 1 unspecified atom stereocenters. The van der Waals surface area contributed by atoms with Gasteiger partial charge in [0.05, 0.1) is 26.9 Å². The SMILES string of the molecule is Cc1cc2nc(-c3ccc4nc(C)n([C@H]5CCN(C)C5)c4c3)sc2c(-c2ccc(Cl)cc2)c1C(OC(C)(C)C)C(=O)O. The fraction of sp³-hybridized carbons (Fsp3) is 0.364. The number of aliphatic carboxylic acids is 1. The number of benzene rings is 3. The summed E-state index contributed by atoms with van der Waals surface area (Å²) in [5.41, 5.74) is 6.41. The highest BCUT2D eigenvalue weighted by atomic mass is 35.5. The number of rotatable bonds is 6. The number of aromatic nitrogens is 3. The number of aryl methyl sites for hydroxylation is 2. The lowest BCUT2D eigenvalue weighted by Gasteiger charge is -2.28. The van der Waals surface area contributed by atoms with Gasteiger partial charge in [-0.25, -0.2) is 14.8 Å². The molecule has 0 radical (unpaired) electrons. The summed E-state index contributed by atoms with van der Waals surface area (Å²) in [6, 6.07) is 16.2. The predicted molar refractivity (Wildman–Crippen MR) is 171 cm³/mol. The van der Waals surface area contributed by atoms with Crippen molar-refractivity contribution in [3.05, 3.63) is 70.5 Å². The number of thiazole rings is 1. The van der Waals surface area contributed by atoms with E-state index in [2.05, 4.69) is 41.6 Å². The van der Waals surface area contributed by atoms with Crippen molar-refractivity contribution in [2.24, 2.45) is 0 Å². The van der Waals surface area contributed by atoms with Crippen molar-refractivity contribution in [2.45, 2.75) is 58.8 Å². The zero-order valence-electron chi connectivity index (χ0n) is 24.7. The third-order valence-corrected chi connectivity index (χ3v) is 9.25. The second-order valence-electron chi connectivity index (χ2n) is 12.2. The molecule has 1 aliphatic rings. The summed E-state index contributed by atoms with van der Waals surface area (Å²) in [6.45, 7) is 11.7. The minimum absolute atomic E-state index is 0.392. The van der Waals surface area contributed by atoms with E-state index in [-0.39, 0.29) is 0 Å². The highest BCUT2D eigenvalue weighted by Crippen LogP contribution is 2.44. The van der Waals surface area contributed by atoms with Crippen LogP contribution in [0.3, 0.4) is 0 Å². The van der Waals surface area contributed by atoms with Gasteiger partial charge in [0.15, 0.2) is 6.10 Å². The van der Waals surface area contributed by atoms with Crippen LogP contribution in [0.2, 0.25) is 5.02 Å². The Hall–Kier alpha value is -3.30. The average Bonchev–Trinajstić information content (AvgIpc) is 3.62. The first-order chi connectivity index (χ1) is 19.9. The molecule has 0 aliphatic carbocycles. The van der Waals surface area contributed by atoms with Crippen molar-refractivity contribution in [3.8, 4) is 21.7 Å². The first kappa shape index (κ1) is 28.8. The molecule has 1 aliphatic heterocycles. The molecule has 9 heteroatoms. The summed E-state index contributed by atoms with van der Waals surface area (Å²) in [6.07, 6.45) is -0.0500. The molecule has 3 heterocycles. The van der Waals surface area contributed by atoms with E-state index in [0.717, 1.165) is 73.8 Å². The lowest BCUT2D eigenvalue weighted by Crippen LogP contribution is -2.28. The van der Waals surface area contributed by atoms with Crippen LogP contribution in [-0.2, 0) is 9.53 Å². The van der Waals surface area contributed by atoms with Crippen molar-refractivity contribution in [2.75, 3.05) is 20.1 Å². The van der Waals surface area contributed by atoms with E-state index < -0.39 is 17.7 Å². The molecule has 5 aromatic rings. The molecule has 0 amide bonds. The molecule has 2 atom stereocenters. The van der Waals surface area contributed by atoms with Crippen LogP contribution in [0.25, 0.3) is 42.9 Å². The van der Waals surface area contributed by atoms with Crippen LogP contribution in [-0.4, -0.2) is 56.2 Å². The molecule has 7 nitrogen and oxygen atoms in total. The number of likely N-dealkylation sites (N-methyl/N-ethyl adjacent to an activating group) is 1. The summed E-state index contributed by atoms with van der Waals surface area (Å²) < 4.78 is 9.45. The molecule has 6 rings (SSSR count). The van der Waals surface area contributed by atoms with Gasteiger partial charge in [-0.1, -0.05) is 23.7 Å². The maximum absolute atomic E-state index is 12.6. The fourth-order valence-corrected chi connectivity index (χ4v) is 7.34. The highest BCUT2D eigenvalue weighted by molar-refractivity contribution is 7.22. The number of hydrogen-bond donors (Lipinski definition) is 1. The van der Waals surface area contributed by atoms with Gasteiger partial charge in [-0.3, -0.25) is 0 Å². The van der Waals surface area contributed by atoms with Crippen molar-refractivity contribution in [3.63, 3.8) is 0 Å².